The highest BCUT2D eigenvalue weighted by molar-refractivity contribution is 6.43. The molecule has 0 amide bonds. The Balaban J connectivity index is 2.22. The van der Waals surface area contributed by atoms with Crippen LogP contribution in [0.3, 0.4) is 0 Å². The van der Waals surface area contributed by atoms with E-state index in [2.05, 4.69) is 30.1 Å². The molecule has 3 rings (SSSR count). The summed E-state index contributed by atoms with van der Waals surface area (Å²) in [5, 5.41) is 10.3. The maximum atomic E-state index is 9.50. The van der Waals surface area contributed by atoms with E-state index in [0.717, 1.165) is 12.0 Å². The van der Waals surface area contributed by atoms with Crippen LogP contribution in [0, 0.1) is 11.3 Å². The lowest BCUT2D eigenvalue weighted by molar-refractivity contribution is 1.14. The number of rotatable bonds is 3. The van der Waals surface area contributed by atoms with Crippen molar-refractivity contribution in [2.45, 2.75) is 13.3 Å². The first-order chi connectivity index (χ1) is 12.0. The highest BCUT2D eigenvalue weighted by Gasteiger charge is 2.16. The molecule has 3 nitrogen and oxygen atoms in total. The molecule has 2 N–H and O–H groups in total. The molecular formula is C20H15Cl2N3. The van der Waals surface area contributed by atoms with Crippen LogP contribution in [0.1, 0.15) is 18.1 Å². The van der Waals surface area contributed by atoms with Gasteiger partial charge in [-0.1, -0.05) is 66.5 Å². The van der Waals surface area contributed by atoms with Gasteiger partial charge in [0, 0.05) is 16.7 Å². The van der Waals surface area contributed by atoms with E-state index in [1.54, 1.807) is 12.1 Å². The van der Waals surface area contributed by atoms with Crippen molar-refractivity contribution in [1.29, 1.82) is 5.26 Å². The number of hydrogen-bond acceptors (Lipinski definition) is 3. The highest BCUT2D eigenvalue weighted by atomic mass is 35.5. The van der Waals surface area contributed by atoms with Crippen molar-refractivity contribution in [2.24, 2.45) is 0 Å². The van der Waals surface area contributed by atoms with Crippen LogP contribution in [0.2, 0.25) is 10.0 Å². The predicted octanol–water partition coefficient (Wildman–Crippen LogP) is 5.74. The van der Waals surface area contributed by atoms with E-state index in [-0.39, 0.29) is 11.4 Å². The fourth-order valence-corrected chi connectivity index (χ4v) is 3.07. The van der Waals surface area contributed by atoms with Gasteiger partial charge < -0.3 is 5.73 Å². The van der Waals surface area contributed by atoms with Crippen molar-refractivity contribution in [3.05, 3.63) is 69.7 Å². The lowest BCUT2D eigenvalue weighted by Gasteiger charge is -2.12. The van der Waals surface area contributed by atoms with Crippen LogP contribution in [-0.2, 0) is 6.42 Å². The molecule has 0 bridgehead atoms. The van der Waals surface area contributed by atoms with Gasteiger partial charge in [0.25, 0.3) is 0 Å². The van der Waals surface area contributed by atoms with Crippen molar-refractivity contribution in [3.8, 4) is 28.5 Å². The van der Waals surface area contributed by atoms with Gasteiger partial charge in [0.05, 0.1) is 15.7 Å². The molecule has 0 aliphatic heterocycles. The number of halogens is 2. The molecule has 0 saturated carbocycles. The first-order valence-corrected chi connectivity index (χ1v) is 8.55. The van der Waals surface area contributed by atoms with E-state index < -0.39 is 0 Å². The molecule has 0 radical (unpaired) electrons. The Morgan fingerprint density at radius 1 is 1.08 bits per heavy atom. The van der Waals surface area contributed by atoms with Crippen molar-refractivity contribution in [1.82, 2.24) is 4.98 Å². The maximum Gasteiger partial charge on any atom is 0.142 e. The average Bonchev–Trinajstić information content (AvgIpc) is 2.63. The Bertz CT molecular complexity index is 973. The zero-order valence-corrected chi connectivity index (χ0v) is 15.1. The number of benzene rings is 2. The molecule has 124 valence electrons. The Hall–Kier alpha value is -2.54. The summed E-state index contributed by atoms with van der Waals surface area (Å²) in [5.41, 5.74) is 10.5. The fraction of sp³-hybridized carbons (Fsp3) is 0.100. The molecule has 0 unspecified atom stereocenters. The molecule has 1 aromatic heterocycles. The molecule has 0 atom stereocenters. The number of anilines is 1. The molecule has 1 heterocycles. The summed E-state index contributed by atoms with van der Waals surface area (Å²) in [6, 6.07) is 17.3. The van der Waals surface area contributed by atoms with E-state index in [1.807, 2.05) is 24.3 Å². The number of aryl methyl sites for hydroxylation is 1. The molecule has 0 aliphatic rings. The van der Waals surface area contributed by atoms with Crippen molar-refractivity contribution >= 4 is 29.0 Å². The number of nitrogen functional groups attached to an aromatic ring is 1. The molecule has 0 aliphatic carbocycles. The molecule has 5 heteroatoms. The van der Waals surface area contributed by atoms with Crippen LogP contribution in [-0.4, -0.2) is 4.98 Å². The lowest BCUT2D eigenvalue weighted by Crippen LogP contribution is -2.00. The second-order valence-corrected chi connectivity index (χ2v) is 6.36. The van der Waals surface area contributed by atoms with Crippen LogP contribution < -0.4 is 5.73 Å². The van der Waals surface area contributed by atoms with Crippen molar-refractivity contribution in [3.63, 3.8) is 0 Å². The van der Waals surface area contributed by atoms with Gasteiger partial charge in [-0.3, -0.25) is 0 Å². The standard InChI is InChI=1S/C20H15Cl2N3/c1-2-12-6-8-13(9-7-12)18-10-15(16(11-23)20(24)25-18)14-4-3-5-17(21)19(14)22/h3-10H,2H2,1H3,(H2,24,25). The molecule has 0 spiro atoms. The van der Waals surface area contributed by atoms with Gasteiger partial charge in [0.2, 0.25) is 0 Å². The third-order valence-corrected chi connectivity index (χ3v) is 4.88. The molecule has 0 saturated heterocycles. The van der Waals surface area contributed by atoms with Gasteiger partial charge in [-0.2, -0.15) is 5.26 Å². The average molecular weight is 368 g/mol. The Morgan fingerprint density at radius 3 is 2.44 bits per heavy atom. The second-order valence-electron chi connectivity index (χ2n) is 5.58. The van der Waals surface area contributed by atoms with E-state index in [9.17, 15) is 5.26 Å². The Labute approximate surface area is 156 Å². The summed E-state index contributed by atoms with van der Waals surface area (Å²) in [4.78, 5) is 4.39. The predicted molar refractivity (Wildman–Crippen MR) is 104 cm³/mol. The van der Waals surface area contributed by atoms with Crippen LogP contribution in [0.15, 0.2) is 48.5 Å². The van der Waals surface area contributed by atoms with Crippen LogP contribution in [0.5, 0.6) is 0 Å². The number of pyridine rings is 1. The van der Waals surface area contributed by atoms with Crippen LogP contribution in [0.25, 0.3) is 22.4 Å². The monoisotopic (exact) mass is 367 g/mol. The van der Waals surface area contributed by atoms with Gasteiger partial charge in [0.15, 0.2) is 0 Å². The molecular weight excluding hydrogens is 353 g/mol. The summed E-state index contributed by atoms with van der Waals surface area (Å²) in [5.74, 6) is 0.172. The molecule has 0 fully saturated rings. The minimum atomic E-state index is 0.172. The fourth-order valence-electron chi connectivity index (χ4n) is 2.67. The smallest absolute Gasteiger partial charge is 0.142 e. The molecule has 3 aromatic rings. The van der Waals surface area contributed by atoms with Crippen LogP contribution in [0.4, 0.5) is 5.82 Å². The molecule has 25 heavy (non-hydrogen) atoms. The van der Waals surface area contributed by atoms with Gasteiger partial charge >= 0.3 is 0 Å². The summed E-state index contributed by atoms with van der Waals surface area (Å²) in [6.07, 6.45) is 0.965. The van der Waals surface area contributed by atoms with Crippen molar-refractivity contribution in [2.75, 3.05) is 5.73 Å². The van der Waals surface area contributed by atoms with E-state index in [1.165, 1.54) is 5.56 Å². The van der Waals surface area contributed by atoms with E-state index in [0.29, 0.717) is 26.9 Å². The third kappa shape index (κ3) is 3.32. The minimum absolute atomic E-state index is 0.172. The number of nitrogens with zero attached hydrogens (tertiary/aromatic N) is 2. The quantitative estimate of drug-likeness (QED) is 0.641. The number of aromatic nitrogens is 1. The summed E-state index contributed by atoms with van der Waals surface area (Å²) >= 11 is 12.5. The Kier molecular flexibility index (Phi) is 4.94. The zero-order chi connectivity index (χ0) is 18.0. The van der Waals surface area contributed by atoms with Crippen LogP contribution >= 0.6 is 23.2 Å². The summed E-state index contributed by atoms with van der Waals surface area (Å²) in [7, 11) is 0. The third-order valence-electron chi connectivity index (χ3n) is 4.06. The number of hydrogen-bond donors (Lipinski definition) is 1. The topological polar surface area (TPSA) is 62.7 Å². The largest absolute Gasteiger partial charge is 0.383 e. The van der Waals surface area contributed by atoms with E-state index >= 15 is 0 Å². The van der Waals surface area contributed by atoms with Gasteiger partial charge in [-0.25, -0.2) is 4.98 Å². The van der Waals surface area contributed by atoms with E-state index in [4.69, 9.17) is 28.9 Å². The normalized spacial score (nSPS) is 10.5. The highest BCUT2D eigenvalue weighted by Crippen LogP contribution is 2.38. The van der Waals surface area contributed by atoms with Crippen molar-refractivity contribution < 1.29 is 0 Å². The summed E-state index contributed by atoms with van der Waals surface area (Å²) < 4.78 is 0. The van der Waals surface area contributed by atoms with Gasteiger partial charge in [-0.05, 0) is 24.1 Å². The lowest BCUT2D eigenvalue weighted by atomic mass is 9.98. The SMILES string of the molecule is CCc1ccc(-c2cc(-c3cccc(Cl)c3Cl)c(C#N)c(N)n2)cc1. The Morgan fingerprint density at radius 2 is 1.80 bits per heavy atom. The maximum absolute atomic E-state index is 9.50. The number of nitriles is 1. The number of nitrogens with two attached hydrogens (primary N) is 1. The zero-order valence-electron chi connectivity index (χ0n) is 13.6. The summed E-state index contributed by atoms with van der Waals surface area (Å²) in [6.45, 7) is 2.10. The van der Waals surface area contributed by atoms with Gasteiger partial charge in [-0.15, -0.1) is 0 Å². The van der Waals surface area contributed by atoms with Gasteiger partial charge in [0.1, 0.15) is 17.5 Å². The first-order valence-electron chi connectivity index (χ1n) is 7.79. The second kappa shape index (κ2) is 7.14. The first kappa shape index (κ1) is 17.3. The minimum Gasteiger partial charge on any atom is -0.383 e. The molecule has 2 aromatic carbocycles.